The average molecular weight is 517 g/mol. The third-order valence-corrected chi connectivity index (χ3v) is 8.67. The molecule has 1 aromatic heterocycles. The Morgan fingerprint density at radius 1 is 1.03 bits per heavy atom. The Morgan fingerprint density at radius 3 is 2.57 bits per heavy atom. The summed E-state index contributed by atoms with van der Waals surface area (Å²) < 4.78 is 0. The Labute approximate surface area is 223 Å². The first kappa shape index (κ1) is 25.5. The quantitative estimate of drug-likeness (QED) is 0.466. The smallest absolute Gasteiger partial charge is 0.254 e. The summed E-state index contributed by atoms with van der Waals surface area (Å²) in [5.41, 5.74) is 5.43. The number of hydrogen-bond acceptors (Lipinski definition) is 5. The van der Waals surface area contributed by atoms with Crippen LogP contribution >= 0.6 is 11.3 Å². The Balaban J connectivity index is 1.17. The topological polar surface area (TPSA) is 55.9 Å². The first-order chi connectivity index (χ1) is 17.9. The van der Waals surface area contributed by atoms with E-state index in [1.54, 1.807) is 23.3 Å². The summed E-state index contributed by atoms with van der Waals surface area (Å²) in [5.74, 6) is -0.457. The second kappa shape index (κ2) is 11.1. The van der Waals surface area contributed by atoms with E-state index >= 15 is 0 Å². The minimum atomic E-state index is -0.418. The molecule has 3 heterocycles. The molecule has 1 N–H and O–H groups in total. The fraction of sp³-hybridized carbons (Fsp3) is 0.400. The zero-order chi connectivity index (χ0) is 25.9. The van der Waals surface area contributed by atoms with Crippen LogP contribution in [0.3, 0.4) is 0 Å². The number of nitrogens with one attached hydrogen (secondary N) is 1. The Kier molecular flexibility index (Phi) is 7.63. The van der Waals surface area contributed by atoms with E-state index in [-0.39, 0.29) is 17.9 Å². The molecule has 37 heavy (non-hydrogen) atoms. The van der Waals surface area contributed by atoms with Crippen LogP contribution in [0.2, 0.25) is 0 Å². The molecule has 5 rings (SSSR count). The van der Waals surface area contributed by atoms with E-state index in [1.165, 1.54) is 16.8 Å². The summed E-state index contributed by atoms with van der Waals surface area (Å²) >= 11 is 1.59. The number of hydrogen-bond donors (Lipinski definition) is 1. The third kappa shape index (κ3) is 5.29. The fourth-order valence-electron chi connectivity index (χ4n) is 5.67. The van der Waals surface area contributed by atoms with Gasteiger partial charge in [-0.3, -0.25) is 14.5 Å². The number of rotatable bonds is 7. The van der Waals surface area contributed by atoms with Crippen LogP contribution in [0.15, 0.2) is 60.0 Å². The molecule has 2 atom stereocenters. The van der Waals surface area contributed by atoms with Crippen molar-refractivity contribution in [3.05, 3.63) is 87.1 Å². The summed E-state index contributed by atoms with van der Waals surface area (Å²) in [7, 11) is 1.81. The highest BCUT2D eigenvalue weighted by Crippen LogP contribution is 2.43. The summed E-state index contributed by atoms with van der Waals surface area (Å²) in [6, 6.07) is 17.9. The van der Waals surface area contributed by atoms with Gasteiger partial charge >= 0.3 is 0 Å². The second-order valence-electron chi connectivity index (χ2n) is 10.2. The molecule has 0 bridgehead atoms. The van der Waals surface area contributed by atoms with Crippen molar-refractivity contribution in [2.45, 2.75) is 32.2 Å². The summed E-state index contributed by atoms with van der Waals surface area (Å²) in [5, 5.41) is 5.20. The predicted octanol–water partition coefficient (Wildman–Crippen LogP) is 4.60. The zero-order valence-corrected chi connectivity index (χ0v) is 22.8. The van der Waals surface area contributed by atoms with Gasteiger partial charge in [0.05, 0.1) is 12.0 Å². The fourth-order valence-corrected chi connectivity index (χ4v) is 6.57. The molecular formula is C30H36N4O2S. The highest BCUT2D eigenvalue weighted by atomic mass is 32.1. The second-order valence-corrected chi connectivity index (χ2v) is 11.2. The van der Waals surface area contributed by atoms with Crippen LogP contribution in [0.5, 0.6) is 0 Å². The number of carbonyl (C=O) groups excluding carboxylic acids is 2. The van der Waals surface area contributed by atoms with Gasteiger partial charge in [0.2, 0.25) is 5.91 Å². The first-order valence-electron chi connectivity index (χ1n) is 13.2. The van der Waals surface area contributed by atoms with Gasteiger partial charge in [-0.15, -0.1) is 11.3 Å². The molecule has 7 heteroatoms. The van der Waals surface area contributed by atoms with E-state index in [9.17, 15) is 9.59 Å². The molecule has 2 aliphatic heterocycles. The monoisotopic (exact) mass is 516 g/mol. The summed E-state index contributed by atoms with van der Waals surface area (Å²) in [6.45, 7) is 10.0. The van der Waals surface area contributed by atoms with E-state index in [0.717, 1.165) is 49.6 Å². The molecule has 6 nitrogen and oxygen atoms in total. The number of likely N-dealkylation sites (N-methyl/N-ethyl adjacent to an activating group) is 1. The van der Waals surface area contributed by atoms with E-state index in [2.05, 4.69) is 47.2 Å². The summed E-state index contributed by atoms with van der Waals surface area (Å²) in [6.07, 6.45) is 0.905. The molecule has 2 aliphatic rings. The van der Waals surface area contributed by atoms with Gasteiger partial charge in [-0.25, -0.2) is 0 Å². The number of amides is 2. The lowest BCUT2D eigenvalue weighted by atomic mass is 9.81. The molecule has 0 saturated carbocycles. The Morgan fingerprint density at radius 2 is 1.81 bits per heavy atom. The molecular weight excluding hydrogens is 480 g/mol. The normalized spacial score (nSPS) is 20.1. The van der Waals surface area contributed by atoms with Crippen molar-refractivity contribution in [3.63, 3.8) is 0 Å². The van der Waals surface area contributed by atoms with Gasteiger partial charge in [-0.2, -0.15) is 0 Å². The maximum Gasteiger partial charge on any atom is 0.254 e. The highest BCUT2D eigenvalue weighted by Gasteiger charge is 2.42. The van der Waals surface area contributed by atoms with E-state index in [1.807, 2.05) is 41.8 Å². The Bertz CT molecular complexity index is 1250. The maximum atomic E-state index is 13.6. The predicted molar refractivity (Wildman–Crippen MR) is 151 cm³/mol. The maximum absolute atomic E-state index is 13.6. The number of aryl methyl sites for hydroxylation is 2. The molecule has 194 valence electrons. The Hall–Kier alpha value is -3.16. The minimum Gasteiger partial charge on any atom is -0.369 e. The van der Waals surface area contributed by atoms with Gasteiger partial charge in [-0.1, -0.05) is 36.4 Å². The largest absolute Gasteiger partial charge is 0.369 e. The van der Waals surface area contributed by atoms with Crippen molar-refractivity contribution >= 4 is 28.8 Å². The molecule has 3 aromatic rings. The van der Waals surface area contributed by atoms with Crippen LogP contribution < -0.4 is 10.2 Å². The van der Waals surface area contributed by atoms with Gasteiger partial charge < -0.3 is 15.1 Å². The third-order valence-electron chi connectivity index (χ3n) is 7.72. The molecule has 2 amide bonds. The lowest BCUT2D eigenvalue weighted by Gasteiger charge is -2.39. The van der Waals surface area contributed by atoms with Crippen molar-refractivity contribution in [2.24, 2.45) is 0 Å². The van der Waals surface area contributed by atoms with Crippen molar-refractivity contribution in [1.29, 1.82) is 0 Å². The molecule has 1 saturated heterocycles. The number of thiophene rings is 1. The van der Waals surface area contributed by atoms with Crippen molar-refractivity contribution in [2.75, 3.05) is 51.2 Å². The molecule has 1 fully saturated rings. The van der Waals surface area contributed by atoms with Crippen molar-refractivity contribution in [3.8, 4) is 0 Å². The average Bonchev–Trinajstić information content (AvgIpc) is 3.45. The number of piperazine rings is 1. The molecule has 0 radical (unpaired) electrons. The van der Waals surface area contributed by atoms with Crippen molar-refractivity contribution in [1.82, 2.24) is 15.1 Å². The molecule has 0 unspecified atom stereocenters. The minimum absolute atomic E-state index is 0.00931. The molecule has 2 aromatic carbocycles. The van der Waals surface area contributed by atoms with E-state index < -0.39 is 5.92 Å². The zero-order valence-electron chi connectivity index (χ0n) is 21.9. The van der Waals surface area contributed by atoms with Gasteiger partial charge in [0.25, 0.3) is 5.91 Å². The number of carbonyl (C=O) groups is 2. The van der Waals surface area contributed by atoms with Gasteiger partial charge in [0, 0.05) is 55.9 Å². The standard InChI is InChI=1S/C30H36N4O2S/c1-21-11-12-22(2)25(20-21)34-17-15-33(16-18-34)14-7-13-31-29(35)27-23-8-4-5-9-24(23)30(36)32(3)28(27)26-10-6-19-37-26/h4-6,8-12,19-20,27-28H,7,13-18H2,1-3H3,(H,31,35)/t27-,28-/m0/s1. The van der Waals surface area contributed by atoms with E-state index in [0.29, 0.717) is 12.1 Å². The van der Waals surface area contributed by atoms with Crippen LogP contribution in [0.4, 0.5) is 5.69 Å². The van der Waals surface area contributed by atoms with Crippen molar-refractivity contribution < 1.29 is 9.59 Å². The van der Waals surface area contributed by atoms with Crippen LogP contribution in [0.1, 0.15) is 50.3 Å². The van der Waals surface area contributed by atoms with Crippen LogP contribution in [-0.2, 0) is 4.79 Å². The van der Waals surface area contributed by atoms with Crippen LogP contribution in [0, 0.1) is 13.8 Å². The number of anilines is 1. The van der Waals surface area contributed by atoms with Gasteiger partial charge in [-0.05, 0) is 67.1 Å². The number of benzene rings is 2. The van der Waals surface area contributed by atoms with Gasteiger partial charge in [0.1, 0.15) is 0 Å². The van der Waals surface area contributed by atoms with Gasteiger partial charge in [0.15, 0.2) is 0 Å². The molecule has 0 spiro atoms. The molecule has 0 aliphatic carbocycles. The SMILES string of the molecule is Cc1ccc(C)c(N2CCN(CCCNC(=O)[C@H]3c4ccccc4C(=O)N(C)[C@H]3c3cccs3)CC2)c1. The van der Waals surface area contributed by atoms with Crippen LogP contribution in [-0.4, -0.2) is 67.9 Å². The first-order valence-corrected chi connectivity index (χ1v) is 14.0. The summed E-state index contributed by atoms with van der Waals surface area (Å²) in [4.78, 5) is 34.4. The number of nitrogens with zero attached hydrogens (tertiary/aromatic N) is 3. The number of fused-ring (bicyclic) bond motifs is 1. The lowest BCUT2D eigenvalue weighted by Crippen LogP contribution is -2.47. The highest BCUT2D eigenvalue weighted by molar-refractivity contribution is 7.10. The lowest BCUT2D eigenvalue weighted by molar-refractivity contribution is -0.124. The van der Waals surface area contributed by atoms with Crippen LogP contribution in [0.25, 0.3) is 0 Å². The van der Waals surface area contributed by atoms with E-state index in [4.69, 9.17) is 0 Å².